The van der Waals surface area contributed by atoms with Gasteiger partial charge in [0.25, 0.3) is 5.69 Å². The average molecular weight is 422 g/mol. The molecule has 0 fully saturated rings. The smallest absolute Gasteiger partial charge is 0.432 e. The van der Waals surface area contributed by atoms with Crippen LogP contribution in [0.15, 0.2) is 18.2 Å². The maximum atomic E-state index is 12.8. The van der Waals surface area contributed by atoms with E-state index in [4.69, 9.17) is 9.47 Å². The van der Waals surface area contributed by atoms with E-state index >= 15 is 0 Å². The van der Waals surface area contributed by atoms with E-state index in [1.165, 1.54) is 6.07 Å². The molecule has 0 unspecified atom stereocenters. The predicted octanol–water partition coefficient (Wildman–Crippen LogP) is 4.15. The maximum absolute atomic E-state index is 12.8. The summed E-state index contributed by atoms with van der Waals surface area (Å²) in [5.41, 5.74) is -2.55. The van der Waals surface area contributed by atoms with Crippen LogP contribution in [0.1, 0.15) is 41.5 Å². The highest BCUT2D eigenvalue weighted by molar-refractivity contribution is 6.14. The van der Waals surface area contributed by atoms with Gasteiger partial charge in [-0.05, 0) is 47.6 Å². The van der Waals surface area contributed by atoms with E-state index in [1.54, 1.807) is 41.5 Å². The summed E-state index contributed by atoms with van der Waals surface area (Å²) in [5.74, 6) is -0.397. The number of carbonyl (C=O) groups excluding carboxylic acids is 2. The number of hydrogen-bond acceptors (Lipinski definition) is 8. The summed E-state index contributed by atoms with van der Waals surface area (Å²) in [7, 11) is 0. The molecule has 12 nitrogen and oxygen atoms in total. The Morgan fingerprint density at radius 2 is 1.57 bits per heavy atom. The van der Waals surface area contributed by atoms with Crippen LogP contribution in [0.25, 0.3) is 10.9 Å². The molecule has 2 amide bonds. The van der Waals surface area contributed by atoms with E-state index < -0.39 is 45.9 Å². The summed E-state index contributed by atoms with van der Waals surface area (Å²) in [6, 6.07) is 3.27. The number of benzene rings is 1. The molecular formula is C18H22N4O8. The standard InChI is InChI=1S/C18H22N4O8/c1-17(2,3)29-15(25)20(16(26)30-18(4,5)6)13-11-8-7-10(22(27)28)9-12(11)21(19-13)14(23)24/h7-9H,1-6H3,(H,23,24). The van der Waals surface area contributed by atoms with Crippen molar-refractivity contribution in [3.05, 3.63) is 28.3 Å². The second kappa shape index (κ2) is 7.61. The molecule has 1 aromatic carbocycles. The molecular weight excluding hydrogens is 400 g/mol. The van der Waals surface area contributed by atoms with Gasteiger partial charge in [-0.1, -0.05) is 0 Å². The Kier molecular flexibility index (Phi) is 5.73. The van der Waals surface area contributed by atoms with Crippen molar-refractivity contribution in [2.24, 2.45) is 0 Å². The van der Waals surface area contributed by atoms with E-state index in [2.05, 4.69) is 5.10 Å². The Bertz CT molecular complexity index is 1000. The predicted molar refractivity (Wildman–Crippen MR) is 105 cm³/mol. The Morgan fingerprint density at radius 1 is 1.07 bits per heavy atom. The Labute approximate surface area is 171 Å². The number of amides is 2. The highest BCUT2D eigenvalue weighted by Crippen LogP contribution is 2.31. The molecule has 2 rings (SSSR count). The van der Waals surface area contributed by atoms with Crippen LogP contribution in [-0.4, -0.2) is 49.3 Å². The topological polar surface area (TPSA) is 154 Å². The molecule has 1 N–H and O–H groups in total. The number of carboxylic acid groups (broad SMARTS) is 1. The van der Waals surface area contributed by atoms with Crippen LogP contribution in [0.5, 0.6) is 0 Å². The lowest BCUT2D eigenvalue weighted by molar-refractivity contribution is -0.384. The summed E-state index contributed by atoms with van der Waals surface area (Å²) >= 11 is 0. The van der Waals surface area contributed by atoms with Gasteiger partial charge in [0.15, 0.2) is 5.82 Å². The van der Waals surface area contributed by atoms with Gasteiger partial charge >= 0.3 is 18.3 Å². The minimum absolute atomic E-state index is 0.000261. The highest BCUT2D eigenvalue weighted by atomic mass is 16.6. The van der Waals surface area contributed by atoms with Crippen molar-refractivity contribution in [1.29, 1.82) is 0 Å². The molecule has 30 heavy (non-hydrogen) atoms. The molecule has 1 aromatic heterocycles. The molecule has 0 saturated carbocycles. The summed E-state index contributed by atoms with van der Waals surface area (Å²) in [4.78, 5) is 48.0. The molecule has 0 atom stereocenters. The number of carbonyl (C=O) groups is 3. The summed E-state index contributed by atoms with van der Waals surface area (Å²) in [6.45, 7) is 9.47. The molecule has 0 radical (unpaired) electrons. The molecule has 0 bridgehead atoms. The molecule has 0 spiro atoms. The van der Waals surface area contributed by atoms with Crippen LogP contribution >= 0.6 is 0 Å². The molecule has 162 valence electrons. The quantitative estimate of drug-likeness (QED) is 0.555. The Hall–Kier alpha value is -3.70. The largest absolute Gasteiger partial charge is 0.463 e. The molecule has 2 aromatic rings. The lowest BCUT2D eigenvalue weighted by atomic mass is 10.2. The number of imide groups is 1. The van der Waals surface area contributed by atoms with Gasteiger partial charge in [0, 0.05) is 17.5 Å². The van der Waals surface area contributed by atoms with Crippen molar-refractivity contribution in [2.45, 2.75) is 52.7 Å². The number of aromatic nitrogens is 2. The van der Waals surface area contributed by atoms with Crippen LogP contribution < -0.4 is 4.90 Å². The van der Waals surface area contributed by atoms with E-state index in [0.29, 0.717) is 9.58 Å². The van der Waals surface area contributed by atoms with Crippen molar-refractivity contribution in [3.63, 3.8) is 0 Å². The second-order valence-electron chi connectivity index (χ2n) is 8.27. The normalized spacial score (nSPS) is 11.8. The average Bonchev–Trinajstić information content (AvgIpc) is 2.90. The maximum Gasteiger partial charge on any atom is 0.432 e. The summed E-state index contributed by atoms with van der Waals surface area (Å²) in [6.07, 6.45) is -3.86. The minimum Gasteiger partial charge on any atom is -0.463 e. The third kappa shape index (κ3) is 5.01. The molecule has 0 aliphatic rings. The number of fused-ring (bicyclic) bond motifs is 1. The van der Waals surface area contributed by atoms with Gasteiger partial charge in [-0.15, -0.1) is 5.10 Å². The highest BCUT2D eigenvalue weighted by Gasteiger charge is 2.36. The molecule has 1 heterocycles. The van der Waals surface area contributed by atoms with Crippen LogP contribution in [-0.2, 0) is 9.47 Å². The van der Waals surface area contributed by atoms with Gasteiger partial charge in [-0.3, -0.25) is 10.1 Å². The number of ether oxygens (including phenoxy) is 2. The van der Waals surface area contributed by atoms with Crippen LogP contribution in [0.2, 0.25) is 0 Å². The first-order chi connectivity index (χ1) is 13.6. The van der Waals surface area contributed by atoms with E-state index in [1.807, 2.05) is 0 Å². The van der Waals surface area contributed by atoms with Crippen molar-refractivity contribution < 1.29 is 33.9 Å². The van der Waals surface area contributed by atoms with Crippen LogP contribution in [0, 0.1) is 10.1 Å². The fraction of sp³-hybridized carbons (Fsp3) is 0.444. The number of nitrogens with zero attached hydrogens (tertiary/aromatic N) is 4. The first-order valence-corrected chi connectivity index (χ1v) is 8.77. The fourth-order valence-electron chi connectivity index (χ4n) is 2.37. The zero-order valence-corrected chi connectivity index (χ0v) is 17.3. The zero-order valence-electron chi connectivity index (χ0n) is 17.3. The lowest BCUT2D eigenvalue weighted by Crippen LogP contribution is -2.44. The van der Waals surface area contributed by atoms with Gasteiger partial charge in [0.1, 0.15) is 11.2 Å². The van der Waals surface area contributed by atoms with Crippen LogP contribution in [0.3, 0.4) is 0 Å². The molecule has 0 aliphatic heterocycles. The summed E-state index contributed by atoms with van der Waals surface area (Å²) < 4.78 is 10.9. The molecule has 0 aliphatic carbocycles. The number of nitro benzene ring substituents is 1. The summed E-state index contributed by atoms with van der Waals surface area (Å²) in [5, 5.41) is 24.3. The lowest BCUT2D eigenvalue weighted by Gasteiger charge is -2.27. The second-order valence-corrected chi connectivity index (χ2v) is 8.27. The molecule has 0 saturated heterocycles. The first-order valence-electron chi connectivity index (χ1n) is 8.77. The van der Waals surface area contributed by atoms with E-state index in [9.17, 15) is 29.6 Å². The Morgan fingerprint density at radius 3 is 1.97 bits per heavy atom. The van der Waals surface area contributed by atoms with Crippen LogP contribution in [0.4, 0.5) is 25.9 Å². The van der Waals surface area contributed by atoms with Crippen molar-refractivity contribution in [3.8, 4) is 0 Å². The first kappa shape index (κ1) is 22.6. The number of non-ortho nitro benzene ring substituents is 1. The fourth-order valence-corrected chi connectivity index (χ4v) is 2.37. The number of anilines is 1. The van der Waals surface area contributed by atoms with E-state index in [0.717, 1.165) is 12.1 Å². The van der Waals surface area contributed by atoms with Crippen molar-refractivity contribution in [2.75, 3.05) is 4.90 Å². The SMILES string of the molecule is CC(C)(C)OC(=O)N(C(=O)OC(C)(C)C)c1nn(C(=O)O)c2cc([N+](=O)[O-])ccc12. The number of hydrogen-bond donors (Lipinski definition) is 1. The zero-order chi connectivity index (χ0) is 23.0. The monoisotopic (exact) mass is 422 g/mol. The third-order valence-corrected chi connectivity index (χ3v) is 3.40. The van der Waals surface area contributed by atoms with Gasteiger partial charge in [0.2, 0.25) is 0 Å². The Balaban J connectivity index is 2.73. The number of rotatable bonds is 2. The third-order valence-electron chi connectivity index (χ3n) is 3.40. The number of nitro groups is 1. The minimum atomic E-state index is -1.57. The van der Waals surface area contributed by atoms with Gasteiger partial charge in [-0.25, -0.2) is 14.4 Å². The van der Waals surface area contributed by atoms with Crippen molar-refractivity contribution in [1.82, 2.24) is 9.78 Å². The molecule has 12 heteroatoms. The van der Waals surface area contributed by atoms with Gasteiger partial charge < -0.3 is 14.6 Å². The van der Waals surface area contributed by atoms with E-state index in [-0.39, 0.29) is 10.9 Å². The van der Waals surface area contributed by atoms with Gasteiger partial charge in [0.05, 0.1) is 10.4 Å². The van der Waals surface area contributed by atoms with Gasteiger partial charge in [-0.2, -0.15) is 9.58 Å². The van der Waals surface area contributed by atoms with Crippen molar-refractivity contribution >= 4 is 40.7 Å².